The van der Waals surface area contributed by atoms with E-state index in [1.807, 2.05) is 0 Å². The molecule has 1 aliphatic rings. The number of likely N-dealkylation sites (tertiary alicyclic amines) is 1. The van der Waals surface area contributed by atoms with Crippen LogP contribution >= 0.6 is 0 Å². The van der Waals surface area contributed by atoms with Crippen LogP contribution in [-0.4, -0.2) is 44.5 Å². The van der Waals surface area contributed by atoms with Gasteiger partial charge in [-0.2, -0.15) is 0 Å². The summed E-state index contributed by atoms with van der Waals surface area (Å²) >= 11 is 0. The highest BCUT2D eigenvalue weighted by Gasteiger charge is 2.32. The Hall–Kier alpha value is -1.92. The molecule has 1 fully saturated rings. The van der Waals surface area contributed by atoms with Gasteiger partial charge in [0.25, 0.3) is 5.91 Å². The molecule has 2 heterocycles. The van der Waals surface area contributed by atoms with Crippen LogP contribution in [0.2, 0.25) is 0 Å². The highest BCUT2D eigenvalue weighted by Crippen LogP contribution is 2.18. The number of nitrogens with two attached hydrogens (primary N) is 1. The minimum atomic E-state index is -0.532. The molecule has 2 amide bonds. The summed E-state index contributed by atoms with van der Waals surface area (Å²) in [5, 5.41) is 6.41. The Morgan fingerprint density at radius 3 is 2.82 bits per heavy atom. The number of aromatic nitrogens is 3. The fraction of sp³-hybridized carbons (Fsp3) is 0.600. The molecule has 0 aliphatic carbocycles. The zero-order chi connectivity index (χ0) is 12.4. The van der Waals surface area contributed by atoms with Gasteiger partial charge in [0.05, 0.1) is 0 Å². The second kappa shape index (κ2) is 4.52. The normalized spacial score (nSPS) is 20.3. The molecule has 7 nitrogen and oxygen atoms in total. The van der Waals surface area contributed by atoms with E-state index in [1.165, 1.54) is 4.90 Å². The summed E-state index contributed by atoms with van der Waals surface area (Å²) in [5.41, 5.74) is 5.30. The SMILES string of the molecule is Cc1nc(C(=O)N2CCCCC2C(N)=O)n[nH]1. The maximum Gasteiger partial charge on any atom is 0.294 e. The third kappa shape index (κ3) is 2.27. The minimum Gasteiger partial charge on any atom is -0.368 e. The van der Waals surface area contributed by atoms with Gasteiger partial charge >= 0.3 is 0 Å². The topological polar surface area (TPSA) is 105 Å². The first-order valence-electron chi connectivity index (χ1n) is 5.59. The Labute approximate surface area is 98.4 Å². The van der Waals surface area contributed by atoms with Crippen LogP contribution in [0.1, 0.15) is 35.7 Å². The zero-order valence-corrected chi connectivity index (χ0v) is 9.64. The van der Waals surface area contributed by atoms with Crippen molar-refractivity contribution in [3.8, 4) is 0 Å². The van der Waals surface area contributed by atoms with E-state index in [9.17, 15) is 9.59 Å². The van der Waals surface area contributed by atoms with Crippen molar-refractivity contribution >= 4 is 11.8 Å². The summed E-state index contributed by atoms with van der Waals surface area (Å²) in [5.74, 6) is -0.139. The van der Waals surface area contributed by atoms with Crippen molar-refractivity contribution in [2.45, 2.75) is 32.2 Å². The van der Waals surface area contributed by atoms with E-state index in [2.05, 4.69) is 15.2 Å². The van der Waals surface area contributed by atoms with Crippen LogP contribution in [-0.2, 0) is 4.79 Å². The number of carbonyl (C=O) groups excluding carboxylic acids is 2. The van der Waals surface area contributed by atoms with Gasteiger partial charge in [0.15, 0.2) is 0 Å². The predicted octanol–water partition coefficient (Wildman–Crippen LogP) is -0.407. The summed E-state index contributed by atoms with van der Waals surface area (Å²) in [4.78, 5) is 28.8. The molecular weight excluding hydrogens is 222 g/mol. The van der Waals surface area contributed by atoms with E-state index in [1.54, 1.807) is 6.92 Å². The molecule has 92 valence electrons. The third-order valence-corrected chi connectivity index (χ3v) is 2.88. The molecule has 0 saturated carbocycles. The van der Waals surface area contributed by atoms with E-state index in [0.29, 0.717) is 18.8 Å². The van der Waals surface area contributed by atoms with Crippen LogP contribution in [0.3, 0.4) is 0 Å². The highest BCUT2D eigenvalue weighted by molar-refractivity contribution is 5.94. The number of hydrogen-bond donors (Lipinski definition) is 2. The number of primary amides is 1. The van der Waals surface area contributed by atoms with Gasteiger partial charge in [-0.1, -0.05) is 0 Å². The van der Waals surface area contributed by atoms with Gasteiger partial charge in [-0.3, -0.25) is 14.7 Å². The highest BCUT2D eigenvalue weighted by atomic mass is 16.2. The fourth-order valence-corrected chi connectivity index (χ4v) is 2.04. The Morgan fingerprint density at radius 1 is 1.47 bits per heavy atom. The molecule has 0 spiro atoms. The summed E-state index contributed by atoms with van der Waals surface area (Å²) < 4.78 is 0. The molecule has 7 heteroatoms. The Bertz CT molecular complexity index is 442. The van der Waals surface area contributed by atoms with Crippen LogP contribution in [0.25, 0.3) is 0 Å². The first-order chi connectivity index (χ1) is 8.09. The second-order valence-electron chi connectivity index (χ2n) is 4.16. The van der Waals surface area contributed by atoms with Crippen LogP contribution in [0, 0.1) is 6.92 Å². The summed E-state index contributed by atoms with van der Waals surface area (Å²) in [6.45, 7) is 2.24. The molecule has 1 aromatic heterocycles. The van der Waals surface area contributed by atoms with E-state index >= 15 is 0 Å². The van der Waals surface area contributed by atoms with Gasteiger partial charge in [-0.05, 0) is 26.2 Å². The first-order valence-corrected chi connectivity index (χ1v) is 5.59. The maximum absolute atomic E-state index is 12.1. The number of carbonyl (C=O) groups is 2. The number of nitrogens with one attached hydrogen (secondary N) is 1. The monoisotopic (exact) mass is 237 g/mol. The van der Waals surface area contributed by atoms with E-state index in [0.717, 1.165) is 12.8 Å². The number of amides is 2. The van der Waals surface area contributed by atoms with E-state index < -0.39 is 11.9 Å². The van der Waals surface area contributed by atoms with Gasteiger partial charge in [0, 0.05) is 6.54 Å². The zero-order valence-electron chi connectivity index (χ0n) is 9.64. The number of piperidine rings is 1. The summed E-state index contributed by atoms with van der Waals surface area (Å²) in [7, 11) is 0. The maximum atomic E-state index is 12.1. The lowest BCUT2D eigenvalue weighted by atomic mass is 10.0. The molecule has 0 bridgehead atoms. The standard InChI is InChI=1S/C10H15N5O2/c1-6-12-9(14-13-6)10(17)15-5-3-2-4-7(15)8(11)16/h7H,2-5H2,1H3,(H2,11,16)(H,12,13,14). The first kappa shape index (κ1) is 11.6. The van der Waals surface area contributed by atoms with Gasteiger partial charge in [0.2, 0.25) is 11.7 Å². The number of H-pyrrole nitrogens is 1. The number of nitrogens with zero attached hydrogens (tertiary/aromatic N) is 3. The smallest absolute Gasteiger partial charge is 0.294 e. The molecule has 0 aromatic carbocycles. The van der Waals surface area contributed by atoms with Crippen LogP contribution in [0.5, 0.6) is 0 Å². The van der Waals surface area contributed by atoms with Crippen LogP contribution in [0.4, 0.5) is 0 Å². The molecule has 17 heavy (non-hydrogen) atoms. The summed E-state index contributed by atoms with van der Waals surface area (Å²) in [6.07, 6.45) is 2.40. The van der Waals surface area contributed by atoms with Crippen molar-refractivity contribution < 1.29 is 9.59 Å². The van der Waals surface area contributed by atoms with Gasteiger partial charge in [0.1, 0.15) is 11.9 Å². The fourth-order valence-electron chi connectivity index (χ4n) is 2.04. The molecule has 0 radical (unpaired) electrons. The molecular formula is C10H15N5O2. The Kier molecular flexibility index (Phi) is 3.08. The molecule has 2 rings (SSSR count). The minimum absolute atomic E-state index is 0.0932. The Morgan fingerprint density at radius 2 is 2.24 bits per heavy atom. The average Bonchev–Trinajstić information content (AvgIpc) is 2.75. The van der Waals surface area contributed by atoms with Crippen molar-refractivity contribution in [2.24, 2.45) is 5.73 Å². The van der Waals surface area contributed by atoms with Crippen molar-refractivity contribution in [1.82, 2.24) is 20.1 Å². The number of aryl methyl sites for hydroxylation is 1. The van der Waals surface area contributed by atoms with E-state index in [4.69, 9.17) is 5.73 Å². The van der Waals surface area contributed by atoms with Gasteiger partial charge in [-0.25, -0.2) is 4.98 Å². The second-order valence-corrected chi connectivity index (χ2v) is 4.16. The number of hydrogen-bond acceptors (Lipinski definition) is 4. The molecule has 3 N–H and O–H groups in total. The molecule has 1 aliphatic heterocycles. The lowest BCUT2D eigenvalue weighted by Gasteiger charge is -2.32. The largest absolute Gasteiger partial charge is 0.368 e. The molecule has 1 aromatic rings. The van der Waals surface area contributed by atoms with Crippen molar-refractivity contribution in [3.05, 3.63) is 11.6 Å². The van der Waals surface area contributed by atoms with Crippen molar-refractivity contribution in [1.29, 1.82) is 0 Å². The summed E-state index contributed by atoms with van der Waals surface area (Å²) in [6, 6.07) is -0.532. The van der Waals surface area contributed by atoms with Gasteiger partial charge < -0.3 is 10.6 Å². The van der Waals surface area contributed by atoms with Crippen LogP contribution < -0.4 is 5.73 Å². The van der Waals surface area contributed by atoms with Crippen LogP contribution in [0.15, 0.2) is 0 Å². The number of aromatic amines is 1. The van der Waals surface area contributed by atoms with Crippen molar-refractivity contribution in [3.63, 3.8) is 0 Å². The number of rotatable bonds is 2. The Balaban J connectivity index is 2.19. The van der Waals surface area contributed by atoms with Crippen molar-refractivity contribution in [2.75, 3.05) is 6.54 Å². The third-order valence-electron chi connectivity index (χ3n) is 2.88. The average molecular weight is 237 g/mol. The molecule has 1 saturated heterocycles. The van der Waals surface area contributed by atoms with E-state index in [-0.39, 0.29) is 11.7 Å². The molecule has 1 unspecified atom stereocenters. The molecule has 1 atom stereocenters. The quantitative estimate of drug-likeness (QED) is 0.729. The lowest BCUT2D eigenvalue weighted by molar-refractivity contribution is -0.123. The van der Waals surface area contributed by atoms with Gasteiger partial charge in [-0.15, -0.1) is 5.10 Å². The predicted molar refractivity (Wildman–Crippen MR) is 59.0 cm³/mol. The lowest BCUT2D eigenvalue weighted by Crippen LogP contribution is -2.50.